The maximum Gasteiger partial charge on any atom is 0.359 e. The number of rotatable bonds is 6. The Balaban J connectivity index is 1.88. The number of hydrogen-bond donors (Lipinski definition) is 1. The lowest BCUT2D eigenvalue weighted by Crippen LogP contribution is -2.25. The fourth-order valence-corrected chi connectivity index (χ4v) is 4.45. The minimum atomic E-state index is -0.659. The molecule has 0 atom stereocenters. The van der Waals surface area contributed by atoms with Crippen LogP contribution in [0.2, 0.25) is 0 Å². The van der Waals surface area contributed by atoms with Gasteiger partial charge in [0.1, 0.15) is 10.8 Å². The molecule has 0 spiro atoms. The van der Waals surface area contributed by atoms with Gasteiger partial charge in [0.2, 0.25) is 0 Å². The summed E-state index contributed by atoms with van der Waals surface area (Å²) in [4.78, 5) is 39.0. The van der Waals surface area contributed by atoms with Gasteiger partial charge in [0.05, 0.1) is 30.4 Å². The Morgan fingerprint density at radius 2 is 1.88 bits per heavy atom. The molecule has 33 heavy (non-hydrogen) atoms. The predicted molar refractivity (Wildman–Crippen MR) is 130 cm³/mol. The SMILES string of the molecule is CCOC(=O)c1nn(-c2ccc(Br)cc2)c(=O)c2c(NC(=O)c3ccccc3OC)scc12. The van der Waals surface area contributed by atoms with Gasteiger partial charge in [-0.15, -0.1) is 11.3 Å². The number of fused-ring (bicyclic) bond motifs is 1. The first-order valence-electron chi connectivity index (χ1n) is 9.86. The summed E-state index contributed by atoms with van der Waals surface area (Å²) in [5, 5.41) is 9.46. The smallest absolute Gasteiger partial charge is 0.359 e. The first-order valence-corrected chi connectivity index (χ1v) is 11.5. The molecule has 10 heteroatoms. The van der Waals surface area contributed by atoms with E-state index in [1.54, 1.807) is 60.8 Å². The van der Waals surface area contributed by atoms with Crippen molar-refractivity contribution in [2.75, 3.05) is 19.0 Å². The standard InChI is InChI=1S/C23H18BrN3O5S/c1-3-32-23(30)19-16-12-33-21(25-20(28)15-6-4-5-7-17(15)31-2)18(16)22(29)27(26-19)14-10-8-13(24)9-11-14/h4-12H,3H2,1-2H3,(H,25,28). The minimum Gasteiger partial charge on any atom is -0.496 e. The Kier molecular flexibility index (Phi) is 6.57. The summed E-state index contributed by atoms with van der Waals surface area (Å²) >= 11 is 4.49. The third kappa shape index (κ3) is 4.39. The molecule has 8 nitrogen and oxygen atoms in total. The van der Waals surface area contributed by atoms with Crippen LogP contribution in [0.15, 0.2) is 63.2 Å². The van der Waals surface area contributed by atoms with Crippen LogP contribution in [-0.2, 0) is 4.74 Å². The second kappa shape index (κ2) is 9.55. The van der Waals surface area contributed by atoms with Crippen molar-refractivity contribution >= 4 is 54.9 Å². The maximum absolute atomic E-state index is 13.4. The number of para-hydroxylation sites is 1. The number of aromatic nitrogens is 2. The van der Waals surface area contributed by atoms with Crippen molar-refractivity contribution in [3.05, 3.63) is 80.0 Å². The number of carbonyl (C=O) groups is 2. The molecule has 0 unspecified atom stereocenters. The van der Waals surface area contributed by atoms with Crippen molar-refractivity contribution in [2.24, 2.45) is 0 Å². The zero-order chi connectivity index (χ0) is 23.5. The predicted octanol–water partition coefficient (Wildman–Crippen LogP) is 4.65. The number of anilines is 1. The van der Waals surface area contributed by atoms with Gasteiger partial charge in [-0.3, -0.25) is 9.59 Å². The molecule has 0 aliphatic heterocycles. The molecular weight excluding hydrogens is 510 g/mol. The maximum atomic E-state index is 13.4. The molecule has 4 rings (SSSR count). The van der Waals surface area contributed by atoms with Gasteiger partial charge in [-0.05, 0) is 43.3 Å². The number of methoxy groups -OCH3 is 1. The van der Waals surface area contributed by atoms with E-state index in [1.165, 1.54) is 7.11 Å². The van der Waals surface area contributed by atoms with E-state index in [0.717, 1.165) is 20.5 Å². The summed E-state index contributed by atoms with van der Waals surface area (Å²) in [5.74, 6) is -0.703. The third-order valence-corrected chi connectivity index (χ3v) is 6.20. The van der Waals surface area contributed by atoms with E-state index < -0.39 is 17.4 Å². The van der Waals surface area contributed by atoms with E-state index in [2.05, 4.69) is 26.3 Å². The average molecular weight is 528 g/mol. The van der Waals surface area contributed by atoms with Crippen LogP contribution in [0.5, 0.6) is 5.75 Å². The Labute approximate surface area is 200 Å². The summed E-state index contributed by atoms with van der Waals surface area (Å²) in [6.07, 6.45) is 0. The third-order valence-electron chi connectivity index (χ3n) is 4.77. The van der Waals surface area contributed by atoms with Crippen LogP contribution >= 0.6 is 27.3 Å². The van der Waals surface area contributed by atoms with Gasteiger partial charge in [0, 0.05) is 15.2 Å². The molecule has 0 fully saturated rings. The number of nitrogens with one attached hydrogen (secondary N) is 1. The zero-order valence-corrected chi connectivity index (χ0v) is 20.0. The fourth-order valence-electron chi connectivity index (χ4n) is 3.25. The molecule has 1 amide bonds. The second-order valence-electron chi connectivity index (χ2n) is 6.77. The highest BCUT2D eigenvalue weighted by atomic mass is 79.9. The quantitative estimate of drug-likeness (QED) is 0.366. The molecule has 0 aliphatic rings. The highest BCUT2D eigenvalue weighted by molar-refractivity contribution is 9.10. The topological polar surface area (TPSA) is 99.5 Å². The number of thiophene rings is 1. The molecule has 2 heterocycles. The van der Waals surface area contributed by atoms with Crippen LogP contribution in [0.4, 0.5) is 5.00 Å². The van der Waals surface area contributed by atoms with Crippen LogP contribution < -0.4 is 15.6 Å². The molecular formula is C23H18BrN3O5S. The molecule has 168 valence electrons. The number of amides is 1. The Morgan fingerprint density at radius 1 is 1.15 bits per heavy atom. The van der Waals surface area contributed by atoms with Crippen LogP contribution in [0.1, 0.15) is 27.8 Å². The van der Waals surface area contributed by atoms with Crippen LogP contribution in [0.3, 0.4) is 0 Å². The number of halogens is 1. The van der Waals surface area contributed by atoms with Gasteiger partial charge in [-0.1, -0.05) is 28.1 Å². The van der Waals surface area contributed by atoms with Gasteiger partial charge >= 0.3 is 5.97 Å². The zero-order valence-electron chi connectivity index (χ0n) is 17.6. The Bertz CT molecular complexity index is 1410. The van der Waals surface area contributed by atoms with Crippen molar-refractivity contribution in [3.8, 4) is 11.4 Å². The van der Waals surface area contributed by atoms with E-state index in [1.807, 2.05) is 0 Å². The van der Waals surface area contributed by atoms with Gasteiger partial charge in [-0.25, -0.2) is 4.79 Å². The van der Waals surface area contributed by atoms with Crippen molar-refractivity contribution in [1.82, 2.24) is 9.78 Å². The van der Waals surface area contributed by atoms with Crippen LogP contribution in [0, 0.1) is 0 Å². The van der Waals surface area contributed by atoms with Crippen molar-refractivity contribution in [1.29, 1.82) is 0 Å². The number of nitrogens with zero attached hydrogens (tertiary/aromatic N) is 2. The summed E-state index contributed by atoms with van der Waals surface area (Å²) in [6.45, 7) is 1.84. The Hall–Kier alpha value is -3.50. The molecule has 0 bridgehead atoms. The van der Waals surface area contributed by atoms with Gasteiger partial charge in [0.25, 0.3) is 11.5 Å². The lowest BCUT2D eigenvalue weighted by atomic mass is 10.2. The molecule has 0 radical (unpaired) electrons. The fraction of sp³-hybridized carbons (Fsp3) is 0.130. The van der Waals surface area contributed by atoms with Gasteiger partial charge in [0.15, 0.2) is 5.69 Å². The molecule has 2 aromatic heterocycles. The molecule has 0 saturated heterocycles. The normalized spacial score (nSPS) is 10.8. The van der Waals surface area contributed by atoms with Gasteiger partial charge in [-0.2, -0.15) is 9.78 Å². The lowest BCUT2D eigenvalue weighted by molar-refractivity contribution is 0.0520. The van der Waals surface area contributed by atoms with Gasteiger partial charge < -0.3 is 14.8 Å². The van der Waals surface area contributed by atoms with Crippen molar-refractivity contribution in [3.63, 3.8) is 0 Å². The monoisotopic (exact) mass is 527 g/mol. The number of hydrogen-bond acceptors (Lipinski definition) is 7. The molecule has 4 aromatic rings. The largest absolute Gasteiger partial charge is 0.496 e. The highest BCUT2D eigenvalue weighted by Gasteiger charge is 2.24. The van der Waals surface area contributed by atoms with E-state index in [4.69, 9.17) is 9.47 Å². The number of esters is 1. The second-order valence-corrected chi connectivity index (χ2v) is 8.57. The van der Waals surface area contributed by atoms with Crippen LogP contribution in [-0.4, -0.2) is 35.4 Å². The van der Waals surface area contributed by atoms with E-state index >= 15 is 0 Å². The van der Waals surface area contributed by atoms with E-state index in [0.29, 0.717) is 27.4 Å². The van der Waals surface area contributed by atoms with Crippen LogP contribution in [0.25, 0.3) is 16.5 Å². The average Bonchev–Trinajstić information content (AvgIpc) is 3.24. The number of carbonyl (C=O) groups excluding carboxylic acids is 2. The minimum absolute atomic E-state index is 0.0107. The number of benzene rings is 2. The molecule has 0 saturated carbocycles. The lowest BCUT2D eigenvalue weighted by Gasteiger charge is -2.11. The van der Waals surface area contributed by atoms with E-state index in [-0.39, 0.29) is 17.7 Å². The van der Waals surface area contributed by atoms with Crippen molar-refractivity contribution in [2.45, 2.75) is 6.92 Å². The first kappa shape index (κ1) is 22.7. The number of ether oxygens (including phenoxy) is 2. The summed E-state index contributed by atoms with van der Waals surface area (Å²) in [7, 11) is 1.47. The summed E-state index contributed by atoms with van der Waals surface area (Å²) in [6, 6.07) is 13.7. The summed E-state index contributed by atoms with van der Waals surface area (Å²) in [5.41, 5.74) is 0.290. The Morgan fingerprint density at radius 3 is 2.58 bits per heavy atom. The van der Waals surface area contributed by atoms with E-state index in [9.17, 15) is 14.4 Å². The molecule has 2 aromatic carbocycles. The first-order chi connectivity index (χ1) is 15.9. The molecule has 1 N–H and O–H groups in total. The highest BCUT2D eigenvalue weighted by Crippen LogP contribution is 2.32. The molecule has 0 aliphatic carbocycles. The van der Waals surface area contributed by atoms with Crippen molar-refractivity contribution < 1.29 is 19.1 Å². The summed E-state index contributed by atoms with van der Waals surface area (Å²) < 4.78 is 12.4.